The van der Waals surface area contributed by atoms with Crippen LogP contribution >= 0.6 is 44.1 Å². The van der Waals surface area contributed by atoms with Crippen LogP contribution in [0.4, 0.5) is 0 Å². The summed E-state index contributed by atoms with van der Waals surface area (Å²) in [5.41, 5.74) is 5.57. The minimum Gasteiger partial charge on any atom is -0.493 e. The molecule has 0 aromatic heterocycles. The smallest absolute Gasteiger partial charge is 0.276 e. The number of hydrogen-bond donors (Lipinski definition) is 3. The highest BCUT2D eigenvalue weighted by Gasteiger charge is 2.10. The number of fused-ring (bicyclic) bond motifs is 1. The Labute approximate surface area is 224 Å². The first-order valence-corrected chi connectivity index (χ1v) is 12.1. The number of benzene rings is 3. The summed E-state index contributed by atoms with van der Waals surface area (Å²) in [5.74, 6) is 0.687. The fourth-order valence-electron chi connectivity index (χ4n) is 2.97. The second-order valence-corrected chi connectivity index (χ2v) is 9.09. The van der Waals surface area contributed by atoms with Crippen molar-refractivity contribution in [1.82, 2.24) is 16.2 Å². The number of halogens is 2. The molecule has 3 N–H and O–H groups in total. The molecule has 3 rings (SSSR count). The zero-order chi connectivity index (χ0) is 25.4. The van der Waals surface area contributed by atoms with E-state index < -0.39 is 11.8 Å². The Hall–Kier alpha value is -3.15. The van der Waals surface area contributed by atoms with Crippen molar-refractivity contribution >= 4 is 77.9 Å². The van der Waals surface area contributed by atoms with Gasteiger partial charge in [-0.15, -0.1) is 0 Å². The van der Waals surface area contributed by atoms with E-state index >= 15 is 0 Å². The van der Waals surface area contributed by atoms with Gasteiger partial charge in [0.2, 0.25) is 5.91 Å². The molecular weight excluding hydrogens is 602 g/mol. The highest BCUT2D eigenvalue weighted by atomic mass is 79.9. The van der Waals surface area contributed by atoms with Crippen molar-refractivity contribution in [3.8, 4) is 17.2 Å². The molecule has 182 valence electrons. The van der Waals surface area contributed by atoms with Crippen LogP contribution in [0.3, 0.4) is 0 Å². The van der Waals surface area contributed by atoms with Gasteiger partial charge < -0.3 is 14.2 Å². The van der Waals surface area contributed by atoms with Crippen LogP contribution in [0.15, 0.2) is 63.6 Å². The number of thiocarbonyl (C=S) groups is 1. The normalized spacial score (nSPS) is 10.6. The van der Waals surface area contributed by atoms with Crippen LogP contribution in [0.25, 0.3) is 16.8 Å². The minimum atomic E-state index is -0.481. The number of hydrogen-bond acceptors (Lipinski definition) is 6. The lowest BCUT2D eigenvalue weighted by Gasteiger charge is -2.12. The third-order valence-electron chi connectivity index (χ3n) is 4.63. The topological polar surface area (TPSA) is 97.9 Å². The molecule has 0 unspecified atom stereocenters. The van der Waals surface area contributed by atoms with Crippen LogP contribution in [0.1, 0.15) is 5.56 Å². The predicted molar refractivity (Wildman–Crippen MR) is 145 cm³/mol. The number of amides is 2. The Morgan fingerprint density at radius 3 is 2.43 bits per heavy atom. The van der Waals surface area contributed by atoms with E-state index in [9.17, 15) is 9.59 Å². The summed E-state index contributed by atoms with van der Waals surface area (Å²) < 4.78 is 17.7. The monoisotopic (exact) mass is 621 g/mol. The second kappa shape index (κ2) is 12.5. The summed E-state index contributed by atoms with van der Waals surface area (Å²) in [4.78, 5) is 24.2. The van der Waals surface area contributed by atoms with Gasteiger partial charge >= 0.3 is 0 Å². The lowest BCUT2D eigenvalue weighted by atomic mass is 10.1. The largest absolute Gasteiger partial charge is 0.493 e. The van der Waals surface area contributed by atoms with E-state index in [0.717, 1.165) is 25.3 Å². The molecule has 0 spiro atoms. The van der Waals surface area contributed by atoms with Crippen molar-refractivity contribution in [2.75, 3.05) is 20.8 Å². The molecule has 0 aliphatic carbocycles. The number of carbonyl (C=O) groups excluding carboxylic acids is 2. The molecule has 0 aliphatic heterocycles. The molecule has 3 aromatic rings. The standard InChI is InChI=1S/C24H21Br2N3O5S/c1-32-18-8-3-14(11-20(18)33-2)4-10-21(30)27-24(35)29-28-22(31)13-34-19-9-5-15-12-16(25)6-7-17(15)23(19)26/h3-12H,13H2,1-2H3,(H,28,31)(H2,27,29,30,35). The van der Waals surface area contributed by atoms with Gasteiger partial charge in [0.05, 0.1) is 18.7 Å². The van der Waals surface area contributed by atoms with Crippen LogP contribution in [0.2, 0.25) is 0 Å². The fraction of sp³-hybridized carbons (Fsp3) is 0.125. The second-order valence-electron chi connectivity index (χ2n) is 6.97. The van der Waals surface area contributed by atoms with Crippen molar-refractivity contribution in [2.45, 2.75) is 0 Å². The number of ether oxygens (including phenoxy) is 3. The Morgan fingerprint density at radius 2 is 1.69 bits per heavy atom. The van der Waals surface area contributed by atoms with E-state index in [1.54, 1.807) is 37.5 Å². The summed E-state index contributed by atoms with van der Waals surface area (Å²) >= 11 is 12.0. The number of methoxy groups -OCH3 is 2. The molecule has 0 atom stereocenters. The zero-order valence-corrected chi connectivity index (χ0v) is 22.7. The molecule has 0 radical (unpaired) electrons. The van der Waals surface area contributed by atoms with Crippen molar-refractivity contribution in [3.63, 3.8) is 0 Å². The summed E-state index contributed by atoms with van der Waals surface area (Å²) in [6.45, 7) is -0.261. The van der Waals surface area contributed by atoms with E-state index in [1.807, 2.05) is 24.3 Å². The summed E-state index contributed by atoms with van der Waals surface area (Å²) in [6, 6.07) is 14.8. The van der Waals surface area contributed by atoms with Gasteiger partial charge in [0, 0.05) is 10.5 Å². The Kier molecular flexibility index (Phi) is 9.47. The first-order chi connectivity index (χ1) is 16.8. The van der Waals surface area contributed by atoms with Gasteiger partial charge in [0.25, 0.3) is 5.91 Å². The van der Waals surface area contributed by atoms with Crippen molar-refractivity contribution in [1.29, 1.82) is 0 Å². The van der Waals surface area contributed by atoms with Gasteiger partial charge in [0.15, 0.2) is 23.2 Å². The number of rotatable bonds is 7. The SMILES string of the molecule is COc1ccc(C=CC(=O)NC(=S)NNC(=O)COc2ccc3cc(Br)ccc3c2Br)cc1OC. The first kappa shape index (κ1) is 26.5. The maximum absolute atomic E-state index is 12.1. The lowest BCUT2D eigenvalue weighted by molar-refractivity contribution is -0.123. The molecular formula is C24H21Br2N3O5S. The maximum Gasteiger partial charge on any atom is 0.276 e. The van der Waals surface area contributed by atoms with Crippen molar-refractivity contribution < 1.29 is 23.8 Å². The fourth-order valence-corrected chi connectivity index (χ4v) is 4.11. The molecule has 0 heterocycles. The predicted octanol–water partition coefficient (Wildman–Crippen LogP) is 4.50. The summed E-state index contributed by atoms with van der Waals surface area (Å²) in [6.07, 6.45) is 2.89. The van der Waals surface area contributed by atoms with Gasteiger partial charge in [-0.05, 0) is 80.9 Å². The Morgan fingerprint density at radius 1 is 0.943 bits per heavy atom. The van der Waals surface area contributed by atoms with Gasteiger partial charge in [-0.2, -0.15) is 0 Å². The molecule has 11 heteroatoms. The molecule has 0 bridgehead atoms. The van der Waals surface area contributed by atoms with Crippen LogP contribution in [-0.4, -0.2) is 37.8 Å². The van der Waals surface area contributed by atoms with E-state index in [2.05, 4.69) is 48.0 Å². The van der Waals surface area contributed by atoms with Gasteiger partial charge in [-0.1, -0.05) is 34.1 Å². The summed E-state index contributed by atoms with van der Waals surface area (Å²) in [5, 5.41) is 4.34. The molecule has 8 nitrogen and oxygen atoms in total. The van der Waals surface area contributed by atoms with Crippen molar-refractivity contribution in [3.05, 3.63) is 69.1 Å². The molecule has 0 fully saturated rings. The number of carbonyl (C=O) groups is 2. The Bertz CT molecular complexity index is 1300. The third kappa shape index (κ3) is 7.41. The quantitative estimate of drug-likeness (QED) is 0.203. The minimum absolute atomic E-state index is 0.0715. The van der Waals surface area contributed by atoms with E-state index in [1.165, 1.54) is 13.2 Å². The maximum atomic E-state index is 12.1. The van der Waals surface area contributed by atoms with Crippen LogP contribution in [-0.2, 0) is 9.59 Å². The average molecular weight is 623 g/mol. The molecule has 2 amide bonds. The number of hydrazine groups is 1. The first-order valence-electron chi connectivity index (χ1n) is 10.1. The van der Waals surface area contributed by atoms with E-state index in [0.29, 0.717) is 17.2 Å². The molecule has 3 aromatic carbocycles. The summed E-state index contributed by atoms with van der Waals surface area (Å²) in [7, 11) is 3.07. The number of nitrogens with one attached hydrogen (secondary N) is 3. The van der Waals surface area contributed by atoms with Gasteiger partial charge in [-0.25, -0.2) is 0 Å². The van der Waals surface area contributed by atoms with Crippen LogP contribution < -0.4 is 30.4 Å². The van der Waals surface area contributed by atoms with Crippen molar-refractivity contribution in [2.24, 2.45) is 0 Å². The molecule has 0 saturated carbocycles. The highest BCUT2D eigenvalue weighted by Crippen LogP contribution is 2.34. The van der Waals surface area contributed by atoms with E-state index in [4.69, 9.17) is 26.4 Å². The average Bonchev–Trinajstić information content (AvgIpc) is 2.85. The molecule has 35 heavy (non-hydrogen) atoms. The zero-order valence-electron chi connectivity index (χ0n) is 18.7. The van der Waals surface area contributed by atoms with Gasteiger partial charge in [0.1, 0.15) is 5.75 Å². The lowest BCUT2D eigenvalue weighted by Crippen LogP contribution is -2.49. The van der Waals surface area contributed by atoms with Crippen LogP contribution in [0.5, 0.6) is 17.2 Å². The van der Waals surface area contributed by atoms with Crippen LogP contribution in [0, 0.1) is 0 Å². The highest BCUT2D eigenvalue weighted by molar-refractivity contribution is 9.11. The third-order valence-corrected chi connectivity index (χ3v) is 6.14. The molecule has 0 saturated heterocycles. The molecule has 0 aliphatic rings. The Balaban J connectivity index is 1.45. The van der Waals surface area contributed by atoms with E-state index in [-0.39, 0.29) is 11.7 Å². The van der Waals surface area contributed by atoms with Gasteiger partial charge in [-0.3, -0.25) is 25.8 Å².